The van der Waals surface area contributed by atoms with Crippen LogP contribution in [0, 0.1) is 5.41 Å². The summed E-state index contributed by atoms with van der Waals surface area (Å²) in [6.07, 6.45) is 0. The SMILES string of the molecule is CN1C(=O)C(C(=N)c2ccc(O)cc2)c2ccccc21. The third kappa shape index (κ3) is 1.77. The molecule has 2 aromatic carbocycles. The number of benzene rings is 2. The fraction of sp³-hybridized carbons (Fsp3) is 0.125. The Hall–Kier alpha value is -2.62. The van der Waals surface area contributed by atoms with Gasteiger partial charge in [-0.1, -0.05) is 18.2 Å². The number of amides is 1. The number of likely N-dealkylation sites (N-methyl/N-ethyl adjacent to an activating group) is 1. The predicted molar refractivity (Wildman–Crippen MR) is 77.5 cm³/mol. The second-order valence-corrected chi connectivity index (χ2v) is 4.85. The Morgan fingerprint density at radius 1 is 1.15 bits per heavy atom. The van der Waals surface area contributed by atoms with E-state index < -0.39 is 5.92 Å². The lowest BCUT2D eigenvalue weighted by molar-refractivity contribution is -0.117. The first kappa shape index (κ1) is 12.4. The van der Waals surface area contributed by atoms with E-state index in [1.54, 1.807) is 24.1 Å². The van der Waals surface area contributed by atoms with Crippen LogP contribution in [0.3, 0.4) is 0 Å². The summed E-state index contributed by atoms with van der Waals surface area (Å²) in [6, 6.07) is 13.9. The number of hydrogen-bond donors (Lipinski definition) is 2. The van der Waals surface area contributed by atoms with E-state index >= 15 is 0 Å². The topological polar surface area (TPSA) is 64.4 Å². The minimum Gasteiger partial charge on any atom is -0.508 e. The summed E-state index contributed by atoms with van der Waals surface area (Å²) in [5.74, 6) is -0.512. The summed E-state index contributed by atoms with van der Waals surface area (Å²) in [5.41, 5.74) is 2.61. The monoisotopic (exact) mass is 266 g/mol. The lowest BCUT2D eigenvalue weighted by Crippen LogP contribution is -2.28. The molecule has 1 aliphatic heterocycles. The van der Waals surface area contributed by atoms with Crippen LogP contribution in [-0.2, 0) is 4.79 Å². The van der Waals surface area contributed by atoms with Gasteiger partial charge in [0.2, 0.25) is 5.91 Å². The van der Waals surface area contributed by atoms with E-state index in [9.17, 15) is 9.90 Å². The number of nitrogens with one attached hydrogen (secondary N) is 1. The molecule has 0 radical (unpaired) electrons. The number of phenolic OH excluding ortho intramolecular Hbond substituents is 1. The van der Waals surface area contributed by atoms with E-state index in [4.69, 9.17) is 5.41 Å². The highest BCUT2D eigenvalue weighted by Gasteiger charge is 2.37. The van der Waals surface area contributed by atoms with E-state index in [0.29, 0.717) is 5.56 Å². The fourth-order valence-electron chi connectivity index (χ4n) is 2.57. The summed E-state index contributed by atoms with van der Waals surface area (Å²) in [7, 11) is 1.73. The van der Waals surface area contributed by atoms with Gasteiger partial charge in [-0.2, -0.15) is 0 Å². The van der Waals surface area contributed by atoms with Gasteiger partial charge < -0.3 is 15.4 Å². The number of hydrogen-bond acceptors (Lipinski definition) is 3. The molecule has 4 heteroatoms. The lowest BCUT2D eigenvalue weighted by atomic mass is 9.91. The number of anilines is 1. The summed E-state index contributed by atoms with van der Waals surface area (Å²) in [5, 5.41) is 17.6. The first-order chi connectivity index (χ1) is 9.59. The van der Waals surface area contributed by atoms with Crippen molar-refractivity contribution in [2.45, 2.75) is 5.92 Å². The number of carbonyl (C=O) groups excluding carboxylic acids is 1. The Kier molecular flexibility index (Phi) is 2.79. The highest BCUT2D eigenvalue weighted by atomic mass is 16.3. The summed E-state index contributed by atoms with van der Waals surface area (Å²) >= 11 is 0. The molecule has 0 fully saturated rings. The standard InChI is InChI=1S/C16H14N2O2/c1-18-13-5-3-2-4-12(13)14(16(18)20)15(17)10-6-8-11(19)9-7-10/h2-9,14,17,19H,1H3. The minimum absolute atomic E-state index is 0.0933. The van der Waals surface area contributed by atoms with Crippen molar-refractivity contribution in [3.8, 4) is 5.75 Å². The number of para-hydroxylation sites is 1. The Morgan fingerprint density at radius 2 is 1.80 bits per heavy atom. The van der Waals surface area contributed by atoms with Crippen molar-refractivity contribution >= 4 is 17.3 Å². The first-order valence-electron chi connectivity index (χ1n) is 6.34. The molecule has 0 saturated heterocycles. The third-order valence-electron chi connectivity index (χ3n) is 3.65. The van der Waals surface area contributed by atoms with Crippen LogP contribution in [0.1, 0.15) is 17.0 Å². The van der Waals surface area contributed by atoms with Gasteiger partial charge in [0.1, 0.15) is 11.7 Å². The highest BCUT2D eigenvalue weighted by Crippen LogP contribution is 2.38. The van der Waals surface area contributed by atoms with E-state index in [-0.39, 0.29) is 17.4 Å². The van der Waals surface area contributed by atoms with Crippen LogP contribution >= 0.6 is 0 Å². The van der Waals surface area contributed by atoms with E-state index in [0.717, 1.165) is 11.3 Å². The molecule has 2 N–H and O–H groups in total. The molecule has 4 nitrogen and oxygen atoms in total. The van der Waals surface area contributed by atoms with Crippen molar-refractivity contribution in [1.29, 1.82) is 5.41 Å². The van der Waals surface area contributed by atoms with Crippen LogP contribution < -0.4 is 4.90 Å². The second-order valence-electron chi connectivity index (χ2n) is 4.85. The van der Waals surface area contributed by atoms with Crippen molar-refractivity contribution in [3.63, 3.8) is 0 Å². The van der Waals surface area contributed by atoms with Crippen molar-refractivity contribution < 1.29 is 9.90 Å². The molecule has 0 saturated carbocycles. The number of rotatable bonds is 2. The zero-order valence-electron chi connectivity index (χ0n) is 11.0. The minimum atomic E-state index is -0.569. The van der Waals surface area contributed by atoms with Gasteiger partial charge in [-0.15, -0.1) is 0 Å². The Morgan fingerprint density at radius 3 is 2.50 bits per heavy atom. The molecule has 0 aromatic heterocycles. The van der Waals surface area contributed by atoms with Gasteiger partial charge in [0.05, 0.1) is 5.71 Å². The maximum atomic E-state index is 12.4. The van der Waals surface area contributed by atoms with Crippen molar-refractivity contribution in [3.05, 3.63) is 59.7 Å². The Bertz CT molecular complexity index is 692. The van der Waals surface area contributed by atoms with Gasteiger partial charge in [0, 0.05) is 12.7 Å². The van der Waals surface area contributed by atoms with Crippen LogP contribution in [0.2, 0.25) is 0 Å². The molecule has 1 heterocycles. The molecule has 20 heavy (non-hydrogen) atoms. The molecule has 1 aliphatic rings. The van der Waals surface area contributed by atoms with Gasteiger partial charge in [-0.3, -0.25) is 4.79 Å². The molecule has 2 aromatic rings. The van der Waals surface area contributed by atoms with E-state index in [1.807, 2.05) is 24.3 Å². The summed E-state index contributed by atoms with van der Waals surface area (Å²) in [6.45, 7) is 0. The summed E-state index contributed by atoms with van der Waals surface area (Å²) in [4.78, 5) is 14.0. The molecule has 0 bridgehead atoms. The van der Waals surface area contributed by atoms with E-state index in [1.165, 1.54) is 12.1 Å². The average molecular weight is 266 g/mol. The summed E-state index contributed by atoms with van der Waals surface area (Å²) < 4.78 is 0. The maximum absolute atomic E-state index is 12.4. The molecule has 1 amide bonds. The maximum Gasteiger partial charge on any atom is 0.240 e. The van der Waals surface area contributed by atoms with Crippen LogP contribution in [0.15, 0.2) is 48.5 Å². The number of nitrogens with zero attached hydrogens (tertiary/aromatic N) is 1. The quantitative estimate of drug-likeness (QED) is 0.820. The van der Waals surface area contributed by atoms with Crippen molar-refractivity contribution in [2.75, 3.05) is 11.9 Å². The molecule has 3 rings (SSSR count). The largest absolute Gasteiger partial charge is 0.508 e. The van der Waals surface area contributed by atoms with Gasteiger partial charge >= 0.3 is 0 Å². The molecule has 0 aliphatic carbocycles. The van der Waals surface area contributed by atoms with Gasteiger partial charge in [-0.05, 0) is 41.5 Å². The van der Waals surface area contributed by atoms with Gasteiger partial charge in [0.15, 0.2) is 0 Å². The van der Waals surface area contributed by atoms with Gasteiger partial charge in [0.25, 0.3) is 0 Å². The zero-order chi connectivity index (χ0) is 14.3. The van der Waals surface area contributed by atoms with E-state index in [2.05, 4.69) is 0 Å². The number of fused-ring (bicyclic) bond motifs is 1. The molecule has 0 spiro atoms. The van der Waals surface area contributed by atoms with Crippen LogP contribution in [0.25, 0.3) is 0 Å². The number of carbonyl (C=O) groups is 1. The Balaban J connectivity index is 2.04. The highest BCUT2D eigenvalue weighted by molar-refractivity contribution is 6.23. The third-order valence-corrected chi connectivity index (χ3v) is 3.65. The first-order valence-corrected chi connectivity index (χ1v) is 6.34. The second kappa shape index (κ2) is 4.49. The lowest BCUT2D eigenvalue weighted by Gasteiger charge is -2.12. The Labute approximate surface area is 116 Å². The van der Waals surface area contributed by atoms with Gasteiger partial charge in [-0.25, -0.2) is 0 Å². The number of aromatic hydroxyl groups is 1. The van der Waals surface area contributed by atoms with Crippen molar-refractivity contribution in [1.82, 2.24) is 0 Å². The smallest absolute Gasteiger partial charge is 0.240 e. The predicted octanol–water partition coefficient (Wildman–Crippen LogP) is 2.52. The molecule has 1 atom stereocenters. The fourth-order valence-corrected chi connectivity index (χ4v) is 2.57. The molecular formula is C16H14N2O2. The van der Waals surface area contributed by atoms with Crippen molar-refractivity contribution in [2.24, 2.45) is 0 Å². The van der Waals surface area contributed by atoms with Crippen LogP contribution in [0.5, 0.6) is 5.75 Å². The van der Waals surface area contributed by atoms with Crippen LogP contribution in [0.4, 0.5) is 5.69 Å². The zero-order valence-corrected chi connectivity index (χ0v) is 11.0. The van der Waals surface area contributed by atoms with Crippen LogP contribution in [-0.4, -0.2) is 23.8 Å². The molecule has 100 valence electrons. The number of phenols is 1. The molecular weight excluding hydrogens is 252 g/mol. The molecule has 1 unspecified atom stereocenters. The average Bonchev–Trinajstić information content (AvgIpc) is 2.72. The normalized spacial score (nSPS) is 17.1.